The number of rotatable bonds is 6. The van der Waals surface area contributed by atoms with Gasteiger partial charge < -0.3 is 19.1 Å². The molecule has 1 atom stereocenters. The minimum absolute atomic E-state index is 0.183. The van der Waals surface area contributed by atoms with E-state index in [-0.39, 0.29) is 11.3 Å². The molecular weight excluding hydrogens is 382 g/mol. The first kappa shape index (κ1) is 19.8. The van der Waals surface area contributed by atoms with Crippen molar-refractivity contribution >= 4 is 21.4 Å². The van der Waals surface area contributed by atoms with Gasteiger partial charge in [-0.25, -0.2) is 8.42 Å². The standard InChI is InChI=1S/C20H21NO6S/c1-25-16-9-7-14(8-10-16)21(15-11-12-28(23,24)13-15)20(22)17-5-4-6-18(26-2)19(17)27-3/h4-12,15H,13H2,1-3H3/t15-/m0/s1. The van der Waals surface area contributed by atoms with Crippen molar-refractivity contribution in [1.82, 2.24) is 0 Å². The number of hydrogen-bond acceptors (Lipinski definition) is 6. The van der Waals surface area contributed by atoms with E-state index in [0.29, 0.717) is 22.9 Å². The number of hydrogen-bond donors (Lipinski definition) is 0. The molecule has 0 spiro atoms. The van der Waals surface area contributed by atoms with Crippen LogP contribution < -0.4 is 19.1 Å². The normalized spacial score (nSPS) is 17.2. The molecule has 0 unspecified atom stereocenters. The Kier molecular flexibility index (Phi) is 5.60. The van der Waals surface area contributed by atoms with Gasteiger partial charge in [-0.3, -0.25) is 4.79 Å². The van der Waals surface area contributed by atoms with Gasteiger partial charge in [-0.2, -0.15) is 0 Å². The number of sulfone groups is 1. The molecule has 0 aliphatic carbocycles. The molecule has 0 N–H and O–H groups in total. The Morgan fingerprint density at radius 1 is 1.00 bits per heavy atom. The van der Waals surface area contributed by atoms with Crippen molar-refractivity contribution in [3.8, 4) is 17.2 Å². The smallest absolute Gasteiger partial charge is 0.262 e. The molecule has 7 nitrogen and oxygen atoms in total. The second-order valence-corrected chi connectivity index (χ2v) is 8.07. The minimum atomic E-state index is -3.36. The van der Waals surface area contributed by atoms with E-state index in [0.717, 1.165) is 5.41 Å². The van der Waals surface area contributed by atoms with Crippen LogP contribution in [0.25, 0.3) is 0 Å². The summed E-state index contributed by atoms with van der Waals surface area (Å²) >= 11 is 0. The number of amides is 1. The Morgan fingerprint density at radius 3 is 2.25 bits per heavy atom. The number of para-hydroxylation sites is 1. The summed E-state index contributed by atoms with van der Waals surface area (Å²) < 4.78 is 39.8. The van der Waals surface area contributed by atoms with Gasteiger partial charge >= 0.3 is 0 Å². The van der Waals surface area contributed by atoms with Crippen LogP contribution in [0.3, 0.4) is 0 Å². The molecule has 2 aromatic rings. The summed E-state index contributed by atoms with van der Waals surface area (Å²) in [6, 6.07) is 11.2. The summed E-state index contributed by atoms with van der Waals surface area (Å²) in [7, 11) is 1.12. The van der Waals surface area contributed by atoms with Crippen molar-refractivity contribution in [2.24, 2.45) is 0 Å². The SMILES string of the molecule is COc1ccc(N(C(=O)c2cccc(OC)c2OC)[C@H]2C=CS(=O)(=O)C2)cc1. The van der Waals surface area contributed by atoms with Crippen LogP contribution in [0.2, 0.25) is 0 Å². The number of carbonyl (C=O) groups is 1. The molecule has 0 aromatic heterocycles. The van der Waals surface area contributed by atoms with Gasteiger partial charge in [0.25, 0.3) is 5.91 Å². The lowest BCUT2D eigenvalue weighted by Gasteiger charge is -2.28. The third-order valence-corrected chi connectivity index (χ3v) is 5.82. The summed E-state index contributed by atoms with van der Waals surface area (Å²) in [5.74, 6) is 0.755. The lowest BCUT2D eigenvalue weighted by atomic mass is 10.1. The van der Waals surface area contributed by atoms with Crippen LogP contribution in [0.4, 0.5) is 5.69 Å². The highest BCUT2D eigenvalue weighted by molar-refractivity contribution is 7.94. The number of nitrogens with zero attached hydrogens (tertiary/aromatic N) is 1. The topological polar surface area (TPSA) is 82.1 Å². The van der Waals surface area contributed by atoms with Crippen LogP contribution in [-0.2, 0) is 9.84 Å². The zero-order valence-electron chi connectivity index (χ0n) is 15.8. The van der Waals surface area contributed by atoms with Crippen molar-refractivity contribution < 1.29 is 27.4 Å². The van der Waals surface area contributed by atoms with Gasteiger partial charge in [0.05, 0.1) is 38.7 Å². The second-order valence-electron chi connectivity index (χ2n) is 6.14. The van der Waals surface area contributed by atoms with E-state index in [2.05, 4.69) is 0 Å². The second kappa shape index (κ2) is 7.93. The maximum Gasteiger partial charge on any atom is 0.262 e. The molecule has 3 rings (SSSR count). The van der Waals surface area contributed by atoms with Gasteiger partial charge in [0.2, 0.25) is 0 Å². The Balaban J connectivity index is 2.09. The molecular formula is C20H21NO6S. The highest BCUT2D eigenvalue weighted by atomic mass is 32.2. The molecule has 148 valence electrons. The fraction of sp³-hybridized carbons (Fsp3) is 0.250. The molecule has 8 heteroatoms. The average molecular weight is 403 g/mol. The van der Waals surface area contributed by atoms with Crippen LogP contribution in [0.1, 0.15) is 10.4 Å². The molecule has 0 bridgehead atoms. The molecule has 2 aromatic carbocycles. The summed E-state index contributed by atoms with van der Waals surface area (Å²) in [6.45, 7) is 0. The van der Waals surface area contributed by atoms with Gasteiger partial charge in [0.15, 0.2) is 21.3 Å². The molecule has 0 fully saturated rings. The number of ether oxygens (including phenoxy) is 3. The van der Waals surface area contributed by atoms with E-state index in [1.807, 2.05) is 0 Å². The van der Waals surface area contributed by atoms with Gasteiger partial charge in [-0.1, -0.05) is 6.07 Å². The largest absolute Gasteiger partial charge is 0.497 e. The van der Waals surface area contributed by atoms with Crippen LogP contribution in [-0.4, -0.2) is 47.4 Å². The van der Waals surface area contributed by atoms with Gasteiger partial charge in [0, 0.05) is 11.1 Å². The highest BCUT2D eigenvalue weighted by Gasteiger charge is 2.33. The number of anilines is 1. The molecule has 1 aliphatic rings. The lowest BCUT2D eigenvalue weighted by Crippen LogP contribution is -2.41. The van der Waals surface area contributed by atoms with Gasteiger partial charge in [-0.15, -0.1) is 0 Å². The van der Waals surface area contributed by atoms with Crippen molar-refractivity contribution in [3.63, 3.8) is 0 Å². The van der Waals surface area contributed by atoms with E-state index in [1.54, 1.807) is 49.6 Å². The van der Waals surface area contributed by atoms with Crippen molar-refractivity contribution in [3.05, 3.63) is 59.5 Å². The number of methoxy groups -OCH3 is 3. The zero-order chi connectivity index (χ0) is 20.3. The Bertz CT molecular complexity index is 998. The molecule has 1 heterocycles. The number of benzene rings is 2. The Hall–Kier alpha value is -3.00. The molecule has 1 aliphatic heterocycles. The average Bonchev–Trinajstić information content (AvgIpc) is 3.07. The van der Waals surface area contributed by atoms with E-state index >= 15 is 0 Å². The number of carbonyl (C=O) groups excluding carboxylic acids is 1. The van der Waals surface area contributed by atoms with Crippen LogP contribution in [0, 0.1) is 0 Å². The van der Waals surface area contributed by atoms with Gasteiger partial charge in [0.1, 0.15) is 5.75 Å². The lowest BCUT2D eigenvalue weighted by molar-refractivity contribution is 0.0979. The maximum absolute atomic E-state index is 13.5. The van der Waals surface area contributed by atoms with Crippen LogP contribution in [0.5, 0.6) is 17.2 Å². The fourth-order valence-electron chi connectivity index (χ4n) is 3.11. The molecule has 1 amide bonds. The molecule has 0 saturated carbocycles. The summed E-state index contributed by atoms with van der Waals surface area (Å²) in [5, 5.41) is 1.14. The van der Waals surface area contributed by atoms with Crippen LogP contribution in [0.15, 0.2) is 53.9 Å². The van der Waals surface area contributed by atoms with E-state index in [9.17, 15) is 13.2 Å². The third kappa shape index (κ3) is 3.82. The summed E-state index contributed by atoms with van der Waals surface area (Å²) in [4.78, 5) is 14.9. The highest BCUT2D eigenvalue weighted by Crippen LogP contribution is 2.34. The molecule has 0 radical (unpaired) electrons. The van der Waals surface area contributed by atoms with Crippen LogP contribution >= 0.6 is 0 Å². The fourth-order valence-corrected chi connectivity index (χ4v) is 4.38. The molecule has 28 heavy (non-hydrogen) atoms. The van der Waals surface area contributed by atoms with Crippen molar-refractivity contribution in [1.29, 1.82) is 0 Å². The third-order valence-electron chi connectivity index (χ3n) is 4.45. The van der Waals surface area contributed by atoms with E-state index < -0.39 is 21.8 Å². The first-order valence-electron chi connectivity index (χ1n) is 8.49. The van der Waals surface area contributed by atoms with Crippen molar-refractivity contribution in [2.45, 2.75) is 6.04 Å². The van der Waals surface area contributed by atoms with E-state index in [4.69, 9.17) is 14.2 Å². The Labute approximate surface area is 164 Å². The predicted molar refractivity (Wildman–Crippen MR) is 106 cm³/mol. The first-order chi connectivity index (χ1) is 13.4. The first-order valence-corrected chi connectivity index (χ1v) is 10.2. The maximum atomic E-state index is 13.5. The predicted octanol–water partition coefficient (Wildman–Crippen LogP) is 2.67. The Morgan fingerprint density at radius 2 is 1.71 bits per heavy atom. The van der Waals surface area contributed by atoms with Gasteiger partial charge in [-0.05, 0) is 42.5 Å². The summed E-state index contributed by atoms with van der Waals surface area (Å²) in [6.07, 6.45) is 1.52. The summed E-state index contributed by atoms with van der Waals surface area (Å²) in [5.41, 5.74) is 0.817. The quantitative estimate of drug-likeness (QED) is 0.738. The monoisotopic (exact) mass is 403 g/mol. The minimum Gasteiger partial charge on any atom is -0.497 e. The van der Waals surface area contributed by atoms with Crippen molar-refractivity contribution in [2.75, 3.05) is 32.0 Å². The molecule has 0 saturated heterocycles. The van der Waals surface area contributed by atoms with E-state index in [1.165, 1.54) is 25.2 Å². The zero-order valence-corrected chi connectivity index (χ0v) is 16.6.